The van der Waals surface area contributed by atoms with Crippen molar-refractivity contribution in [3.63, 3.8) is 0 Å². The largest absolute Gasteiger partial charge is 0.354 e. The summed E-state index contributed by atoms with van der Waals surface area (Å²) >= 11 is 0. The van der Waals surface area contributed by atoms with Gasteiger partial charge in [-0.3, -0.25) is 14.5 Å². The van der Waals surface area contributed by atoms with Crippen molar-refractivity contribution in [1.82, 2.24) is 15.1 Å². The Morgan fingerprint density at radius 3 is 2.79 bits per heavy atom. The quantitative estimate of drug-likeness (QED) is 0.834. The number of hydrogen-bond donors (Lipinski definition) is 1. The van der Waals surface area contributed by atoms with E-state index >= 15 is 0 Å². The molecule has 0 aliphatic carbocycles. The number of nitrogens with zero attached hydrogens (tertiary/aromatic N) is 2. The fraction of sp³-hybridized carbons (Fsp3) is 0.579. The molecule has 0 unspecified atom stereocenters. The number of nitrogens with one attached hydrogen (secondary N) is 1. The average Bonchev–Trinajstić information content (AvgIpc) is 3.08. The molecular weight excluding hydrogens is 302 g/mol. The lowest BCUT2D eigenvalue weighted by Crippen LogP contribution is -2.45. The molecule has 1 N–H and O–H groups in total. The molecule has 2 amide bonds. The van der Waals surface area contributed by atoms with E-state index in [2.05, 4.69) is 34.5 Å². The summed E-state index contributed by atoms with van der Waals surface area (Å²) in [5.74, 6) is 0.00585. The highest BCUT2D eigenvalue weighted by Crippen LogP contribution is 2.19. The summed E-state index contributed by atoms with van der Waals surface area (Å²) in [7, 11) is 0. The van der Waals surface area contributed by atoms with Crippen molar-refractivity contribution in [2.45, 2.75) is 45.2 Å². The van der Waals surface area contributed by atoms with Gasteiger partial charge in [0, 0.05) is 39.6 Å². The normalized spacial score (nSPS) is 20.7. The summed E-state index contributed by atoms with van der Waals surface area (Å²) in [6.07, 6.45) is 3.76. The first kappa shape index (κ1) is 17.0. The Labute approximate surface area is 144 Å². The topological polar surface area (TPSA) is 52.7 Å². The molecule has 0 aromatic heterocycles. The van der Waals surface area contributed by atoms with Crippen LogP contribution >= 0.6 is 0 Å². The van der Waals surface area contributed by atoms with Crippen LogP contribution < -0.4 is 5.32 Å². The van der Waals surface area contributed by atoms with Crippen LogP contribution in [0, 0.1) is 0 Å². The van der Waals surface area contributed by atoms with Gasteiger partial charge < -0.3 is 10.2 Å². The maximum atomic E-state index is 12.3. The molecule has 24 heavy (non-hydrogen) atoms. The van der Waals surface area contributed by atoms with E-state index in [0.29, 0.717) is 13.1 Å². The molecule has 1 aromatic rings. The van der Waals surface area contributed by atoms with Crippen molar-refractivity contribution in [1.29, 1.82) is 0 Å². The number of benzene rings is 1. The second-order valence-electron chi connectivity index (χ2n) is 6.81. The molecule has 1 saturated heterocycles. The second-order valence-corrected chi connectivity index (χ2v) is 6.81. The number of fused-ring (bicyclic) bond motifs is 1. The molecule has 1 fully saturated rings. The van der Waals surface area contributed by atoms with Crippen LogP contribution in [0.2, 0.25) is 0 Å². The fourth-order valence-corrected chi connectivity index (χ4v) is 3.79. The lowest BCUT2D eigenvalue weighted by atomic mass is 10.00. The zero-order valence-corrected chi connectivity index (χ0v) is 14.5. The molecule has 5 nitrogen and oxygen atoms in total. The molecule has 0 saturated carbocycles. The number of carbonyl (C=O) groups excluding carboxylic acids is 2. The Morgan fingerprint density at radius 1 is 1.21 bits per heavy atom. The maximum Gasteiger partial charge on any atom is 0.242 e. The first-order valence-corrected chi connectivity index (χ1v) is 8.99. The van der Waals surface area contributed by atoms with Gasteiger partial charge in [-0.05, 0) is 36.8 Å². The summed E-state index contributed by atoms with van der Waals surface area (Å²) in [6.45, 7) is 6.02. The molecular formula is C19H27N3O2. The predicted molar refractivity (Wildman–Crippen MR) is 93.5 cm³/mol. The highest BCUT2D eigenvalue weighted by Gasteiger charge is 2.31. The molecule has 3 rings (SSSR count). The summed E-state index contributed by atoms with van der Waals surface area (Å²) in [4.78, 5) is 27.9. The summed E-state index contributed by atoms with van der Waals surface area (Å²) < 4.78 is 0. The van der Waals surface area contributed by atoms with E-state index in [9.17, 15) is 9.59 Å². The van der Waals surface area contributed by atoms with Crippen LogP contribution in [0.5, 0.6) is 0 Å². The Hall–Kier alpha value is -1.88. The Balaban J connectivity index is 1.38. The van der Waals surface area contributed by atoms with Gasteiger partial charge in [0.15, 0.2) is 0 Å². The van der Waals surface area contributed by atoms with Crippen molar-refractivity contribution in [3.8, 4) is 0 Å². The molecule has 2 aliphatic rings. The summed E-state index contributed by atoms with van der Waals surface area (Å²) in [5.41, 5.74) is 2.89. The monoisotopic (exact) mass is 329 g/mol. The fourth-order valence-electron chi connectivity index (χ4n) is 3.79. The van der Waals surface area contributed by atoms with E-state index in [-0.39, 0.29) is 17.9 Å². The van der Waals surface area contributed by atoms with Gasteiger partial charge in [-0.1, -0.05) is 24.3 Å². The standard InChI is InChI=1S/C19H27N3O2/c1-15(23)22-12-4-8-18(22)19(24)20-10-5-11-21-13-9-16-6-2-3-7-17(16)14-21/h2-3,6-7,18H,4-5,8-14H2,1H3,(H,20,24)/t18-/m1/s1. The maximum absolute atomic E-state index is 12.3. The highest BCUT2D eigenvalue weighted by molar-refractivity contribution is 5.87. The van der Waals surface area contributed by atoms with Gasteiger partial charge in [0.2, 0.25) is 11.8 Å². The van der Waals surface area contributed by atoms with E-state index in [1.54, 1.807) is 11.8 Å². The Morgan fingerprint density at radius 2 is 2.00 bits per heavy atom. The van der Waals surface area contributed by atoms with Crippen LogP contribution in [-0.4, -0.2) is 53.8 Å². The molecule has 1 atom stereocenters. The number of rotatable bonds is 5. The second kappa shape index (κ2) is 7.79. The van der Waals surface area contributed by atoms with Crippen LogP contribution in [0.1, 0.15) is 37.3 Å². The van der Waals surface area contributed by atoms with E-state index in [1.807, 2.05) is 0 Å². The van der Waals surface area contributed by atoms with Crippen LogP contribution in [0.3, 0.4) is 0 Å². The molecule has 1 aromatic carbocycles. The SMILES string of the molecule is CC(=O)N1CCC[C@@H]1C(=O)NCCCN1CCc2ccccc2C1. The third-order valence-corrected chi connectivity index (χ3v) is 5.12. The van der Waals surface area contributed by atoms with Crippen LogP contribution in [-0.2, 0) is 22.6 Å². The molecule has 5 heteroatoms. The first-order chi connectivity index (χ1) is 11.6. The van der Waals surface area contributed by atoms with Gasteiger partial charge in [0.25, 0.3) is 0 Å². The molecule has 0 radical (unpaired) electrons. The zero-order chi connectivity index (χ0) is 16.9. The highest BCUT2D eigenvalue weighted by atomic mass is 16.2. The van der Waals surface area contributed by atoms with Crippen LogP contribution in [0.25, 0.3) is 0 Å². The number of carbonyl (C=O) groups is 2. The Bertz CT molecular complexity index is 602. The molecule has 0 bridgehead atoms. The van der Waals surface area contributed by atoms with E-state index in [4.69, 9.17) is 0 Å². The van der Waals surface area contributed by atoms with Crippen molar-refractivity contribution < 1.29 is 9.59 Å². The third-order valence-electron chi connectivity index (χ3n) is 5.12. The molecule has 130 valence electrons. The summed E-state index contributed by atoms with van der Waals surface area (Å²) in [5, 5.41) is 3.01. The number of amides is 2. The molecule has 2 heterocycles. The van der Waals surface area contributed by atoms with Gasteiger partial charge in [0.05, 0.1) is 0 Å². The molecule has 2 aliphatic heterocycles. The predicted octanol–water partition coefficient (Wildman–Crippen LogP) is 1.56. The minimum Gasteiger partial charge on any atom is -0.354 e. The van der Waals surface area contributed by atoms with Crippen molar-refractivity contribution in [2.24, 2.45) is 0 Å². The minimum absolute atomic E-state index is 0.000341. The van der Waals surface area contributed by atoms with Crippen molar-refractivity contribution in [3.05, 3.63) is 35.4 Å². The van der Waals surface area contributed by atoms with Crippen LogP contribution in [0.4, 0.5) is 0 Å². The summed E-state index contributed by atoms with van der Waals surface area (Å²) in [6, 6.07) is 8.38. The van der Waals surface area contributed by atoms with E-state index in [0.717, 1.165) is 45.3 Å². The van der Waals surface area contributed by atoms with Gasteiger partial charge in [0.1, 0.15) is 6.04 Å². The average molecular weight is 329 g/mol. The van der Waals surface area contributed by atoms with Gasteiger partial charge >= 0.3 is 0 Å². The smallest absolute Gasteiger partial charge is 0.242 e. The van der Waals surface area contributed by atoms with Crippen molar-refractivity contribution in [2.75, 3.05) is 26.2 Å². The number of hydrogen-bond acceptors (Lipinski definition) is 3. The lowest BCUT2D eigenvalue weighted by molar-refractivity contribution is -0.136. The lowest BCUT2D eigenvalue weighted by Gasteiger charge is -2.28. The zero-order valence-electron chi connectivity index (χ0n) is 14.5. The first-order valence-electron chi connectivity index (χ1n) is 8.99. The van der Waals surface area contributed by atoms with Gasteiger partial charge in [-0.25, -0.2) is 0 Å². The minimum atomic E-state index is -0.260. The number of likely N-dealkylation sites (tertiary alicyclic amines) is 1. The van der Waals surface area contributed by atoms with Crippen LogP contribution in [0.15, 0.2) is 24.3 Å². The Kier molecular flexibility index (Phi) is 5.51. The third kappa shape index (κ3) is 3.96. The van der Waals surface area contributed by atoms with Gasteiger partial charge in [-0.15, -0.1) is 0 Å². The van der Waals surface area contributed by atoms with Gasteiger partial charge in [-0.2, -0.15) is 0 Å². The molecule has 0 spiro atoms. The van der Waals surface area contributed by atoms with E-state index < -0.39 is 0 Å². The van der Waals surface area contributed by atoms with Crippen molar-refractivity contribution >= 4 is 11.8 Å². The van der Waals surface area contributed by atoms with E-state index in [1.165, 1.54) is 11.1 Å².